The van der Waals surface area contributed by atoms with Gasteiger partial charge in [0.15, 0.2) is 0 Å². The van der Waals surface area contributed by atoms with Crippen molar-refractivity contribution in [1.29, 1.82) is 0 Å². The zero-order chi connectivity index (χ0) is 18.4. The summed E-state index contributed by atoms with van der Waals surface area (Å²) in [5.41, 5.74) is 1.28. The molecule has 2 aromatic rings. The van der Waals surface area contributed by atoms with E-state index < -0.39 is 0 Å². The molecule has 7 heteroatoms. The third kappa shape index (κ3) is 5.12. The summed E-state index contributed by atoms with van der Waals surface area (Å²) in [4.78, 5) is 16.4. The third-order valence-electron chi connectivity index (χ3n) is 4.48. The van der Waals surface area contributed by atoms with Gasteiger partial charge in [-0.2, -0.15) is 0 Å². The lowest BCUT2D eigenvalue weighted by molar-refractivity contribution is -0.135. The summed E-state index contributed by atoms with van der Waals surface area (Å²) in [5.74, 6) is 1.08. The molecule has 2 heterocycles. The Morgan fingerprint density at radius 3 is 2.77 bits per heavy atom. The molecule has 1 unspecified atom stereocenters. The minimum Gasteiger partial charge on any atom is -0.423 e. The number of ether oxygens (including phenoxy) is 1. The fourth-order valence-electron chi connectivity index (χ4n) is 3.03. The standard InChI is InChI=1S/C19H26N4O3/c1-3-17-20-21-18(26-17)14-22(2)19(24)11-16-13-23(9-10-25-16)12-15-7-5-4-6-8-15/h4-8,16H,3,9-14H2,1-2H3. The Kier molecular flexibility index (Phi) is 6.35. The van der Waals surface area contributed by atoms with Gasteiger partial charge in [-0.05, 0) is 5.56 Å². The molecule has 1 atom stereocenters. The molecule has 7 nitrogen and oxygen atoms in total. The third-order valence-corrected chi connectivity index (χ3v) is 4.48. The van der Waals surface area contributed by atoms with E-state index in [1.165, 1.54) is 5.56 Å². The van der Waals surface area contributed by atoms with Crippen LogP contribution in [0.3, 0.4) is 0 Å². The van der Waals surface area contributed by atoms with Crippen molar-refractivity contribution in [2.75, 3.05) is 26.7 Å². The lowest BCUT2D eigenvalue weighted by Gasteiger charge is -2.33. The molecule has 1 fully saturated rings. The molecule has 0 bridgehead atoms. The number of hydrogen-bond acceptors (Lipinski definition) is 6. The van der Waals surface area contributed by atoms with E-state index in [0.717, 1.165) is 19.6 Å². The topological polar surface area (TPSA) is 71.7 Å². The molecule has 1 saturated heterocycles. The van der Waals surface area contributed by atoms with Crippen LogP contribution < -0.4 is 0 Å². The second-order valence-corrected chi connectivity index (χ2v) is 6.61. The van der Waals surface area contributed by atoms with Crippen LogP contribution in [0.4, 0.5) is 0 Å². The van der Waals surface area contributed by atoms with Gasteiger partial charge < -0.3 is 14.1 Å². The molecule has 0 aliphatic carbocycles. The van der Waals surface area contributed by atoms with Crippen molar-refractivity contribution in [3.8, 4) is 0 Å². The summed E-state index contributed by atoms with van der Waals surface area (Å²) in [7, 11) is 1.75. The predicted octanol–water partition coefficient (Wildman–Crippen LogP) is 1.88. The SMILES string of the molecule is CCc1nnc(CN(C)C(=O)CC2CN(Cc3ccccc3)CCO2)o1. The predicted molar refractivity (Wildman–Crippen MR) is 96.2 cm³/mol. The van der Waals surface area contributed by atoms with Crippen molar-refractivity contribution in [3.05, 3.63) is 47.7 Å². The van der Waals surface area contributed by atoms with Crippen molar-refractivity contribution in [1.82, 2.24) is 20.0 Å². The van der Waals surface area contributed by atoms with Crippen molar-refractivity contribution < 1.29 is 13.9 Å². The molecular weight excluding hydrogens is 332 g/mol. The van der Waals surface area contributed by atoms with Gasteiger partial charge >= 0.3 is 0 Å². The highest BCUT2D eigenvalue weighted by atomic mass is 16.5. The Bertz CT molecular complexity index is 704. The Hall–Kier alpha value is -2.25. The van der Waals surface area contributed by atoms with Gasteiger partial charge in [-0.15, -0.1) is 10.2 Å². The Labute approximate surface area is 153 Å². The first-order valence-electron chi connectivity index (χ1n) is 9.07. The number of morpholine rings is 1. The highest BCUT2D eigenvalue weighted by molar-refractivity contribution is 5.76. The van der Waals surface area contributed by atoms with E-state index in [9.17, 15) is 4.79 Å². The molecule has 0 N–H and O–H groups in total. The van der Waals surface area contributed by atoms with Crippen LogP contribution in [-0.2, 0) is 29.0 Å². The monoisotopic (exact) mass is 358 g/mol. The first-order valence-corrected chi connectivity index (χ1v) is 9.07. The molecule has 3 rings (SSSR count). The van der Waals surface area contributed by atoms with Crippen molar-refractivity contribution in [2.24, 2.45) is 0 Å². The molecule has 0 radical (unpaired) electrons. The minimum atomic E-state index is -0.0868. The normalized spacial score (nSPS) is 18.0. The van der Waals surface area contributed by atoms with Gasteiger partial charge in [-0.25, -0.2) is 0 Å². The molecule has 0 spiro atoms. The summed E-state index contributed by atoms with van der Waals surface area (Å²) in [6.07, 6.45) is 0.963. The minimum absolute atomic E-state index is 0.0211. The van der Waals surface area contributed by atoms with Gasteiger partial charge in [0, 0.05) is 33.1 Å². The van der Waals surface area contributed by atoms with E-state index in [1.54, 1.807) is 11.9 Å². The summed E-state index contributed by atoms with van der Waals surface area (Å²) in [6.45, 7) is 5.46. The van der Waals surface area contributed by atoms with Crippen LogP contribution in [-0.4, -0.2) is 58.8 Å². The van der Waals surface area contributed by atoms with E-state index in [2.05, 4.69) is 27.2 Å². The van der Waals surface area contributed by atoms with Crippen molar-refractivity contribution in [3.63, 3.8) is 0 Å². The first kappa shape index (κ1) is 18.5. The van der Waals surface area contributed by atoms with Gasteiger partial charge in [0.2, 0.25) is 17.7 Å². The molecule has 1 amide bonds. The Balaban J connectivity index is 1.48. The number of benzene rings is 1. The molecule has 1 aromatic carbocycles. The maximum absolute atomic E-state index is 12.5. The van der Waals surface area contributed by atoms with Gasteiger partial charge in [-0.1, -0.05) is 37.3 Å². The average Bonchev–Trinajstić information content (AvgIpc) is 3.10. The fraction of sp³-hybridized carbons (Fsp3) is 0.526. The van der Waals surface area contributed by atoms with Crippen LogP contribution in [0.5, 0.6) is 0 Å². The second kappa shape index (κ2) is 8.91. The number of aryl methyl sites for hydroxylation is 1. The van der Waals surface area contributed by atoms with E-state index in [4.69, 9.17) is 9.15 Å². The molecule has 1 aliphatic heterocycles. The van der Waals surface area contributed by atoms with Crippen LogP contribution in [0.25, 0.3) is 0 Å². The number of hydrogen-bond donors (Lipinski definition) is 0. The number of rotatable bonds is 7. The van der Waals surface area contributed by atoms with Crippen LogP contribution >= 0.6 is 0 Å². The highest BCUT2D eigenvalue weighted by Gasteiger charge is 2.25. The van der Waals surface area contributed by atoms with Crippen LogP contribution in [0.15, 0.2) is 34.7 Å². The Morgan fingerprint density at radius 2 is 2.04 bits per heavy atom. The fourth-order valence-corrected chi connectivity index (χ4v) is 3.03. The first-order chi connectivity index (χ1) is 12.6. The van der Waals surface area contributed by atoms with Gasteiger partial charge in [0.25, 0.3) is 0 Å². The highest BCUT2D eigenvalue weighted by Crippen LogP contribution is 2.14. The second-order valence-electron chi connectivity index (χ2n) is 6.61. The smallest absolute Gasteiger partial charge is 0.235 e. The number of amides is 1. The quantitative estimate of drug-likeness (QED) is 0.753. The van der Waals surface area contributed by atoms with Gasteiger partial charge in [0.05, 0.1) is 25.7 Å². The van der Waals surface area contributed by atoms with Gasteiger partial charge in [0.1, 0.15) is 0 Å². The number of carbonyl (C=O) groups excluding carboxylic acids is 1. The van der Waals surface area contributed by atoms with E-state index in [0.29, 0.717) is 37.8 Å². The van der Waals surface area contributed by atoms with E-state index >= 15 is 0 Å². The summed E-state index contributed by atoms with van der Waals surface area (Å²) in [5, 5.41) is 7.89. The molecular formula is C19H26N4O3. The van der Waals surface area contributed by atoms with Crippen LogP contribution in [0.1, 0.15) is 30.7 Å². The maximum atomic E-state index is 12.5. The van der Waals surface area contributed by atoms with Crippen molar-refractivity contribution in [2.45, 2.75) is 39.0 Å². The number of carbonyl (C=O) groups is 1. The Morgan fingerprint density at radius 1 is 1.27 bits per heavy atom. The lowest BCUT2D eigenvalue weighted by atomic mass is 10.1. The molecule has 140 valence electrons. The van der Waals surface area contributed by atoms with E-state index in [1.807, 2.05) is 25.1 Å². The number of nitrogens with zero attached hydrogens (tertiary/aromatic N) is 4. The molecule has 1 aliphatic rings. The molecule has 1 aromatic heterocycles. The summed E-state index contributed by atoms with van der Waals surface area (Å²) >= 11 is 0. The zero-order valence-corrected chi connectivity index (χ0v) is 15.4. The zero-order valence-electron chi connectivity index (χ0n) is 15.4. The van der Waals surface area contributed by atoms with Crippen molar-refractivity contribution >= 4 is 5.91 Å². The lowest BCUT2D eigenvalue weighted by Crippen LogP contribution is -2.44. The largest absolute Gasteiger partial charge is 0.423 e. The average molecular weight is 358 g/mol. The summed E-state index contributed by atoms with van der Waals surface area (Å²) in [6, 6.07) is 10.4. The van der Waals surface area contributed by atoms with Crippen LogP contribution in [0.2, 0.25) is 0 Å². The maximum Gasteiger partial charge on any atom is 0.235 e. The molecule has 26 heavy (non-hydrogen) atoms. The number of aromatic nitrogens is 2. The van der Waals surface area contributed by atoms with E-state index in [-0.39, 0.29) is 12.0 Å². The molecule has 0 saturated carbocycles. The van der Waals surface area contributed by atoms with Gasteiger partial charge in [-0.3, -0.25) is 9.69 Å². The summed E-state index contributed by atoms with van der Waals surface area (Å²) < 4.78 is 11.3. The van der Waals surface area contributed by atoms with Crippen LogP contribution in [0, 0.1) is 0 Å².